The van der Waals surface area contributed by atoms with E-state index >= 15 is 0 Å². The van der Waals surface area contributed by atoms with Crippen LogP contribution in [0.4, 0.5) is 0 Å². The van der Waals surface area contributed by atoms with Crippen LogP contribution in [-0.2, 0) is 14.1 Å². The summed E-state index contributed by atoms with van der Waals surface area (Å²) in [4.78, 5) is 12.0. The molecule has 0 spiro atoms. The van der Waals surface area contributed by atoms with E-state index in [1.807, 2.05) is 0 Å². The number of halogens is 1. The first kappa shape index (κ1) is 15.1. The second-order valence-corrected chi connectivity index (χ2v) is 4.75. The van der Waals surface area contributed by atoms with E-state index in [2.05, 4.69) is 0 Å². The van der Waals surface area contributed by atoms with E-state index in [0.717, 1.165) is 0 Å². The van der Waals surface area contributed by atoms with Gasteiger partial charge in [0, 0.05) is 5.88 Å². The van der Waals surface area contributed by atoms with Crippen LogP contribution in [0.5, 0.6) is 5.75 Å². The molecule has 0 aliphatic rings. The molecule has 4 nitrogen and oxygen atoms in total. The van der Waals surface area contributed by atoms with Crippen LogP contribution in [-0.4, -0.2) is 23.8 Å². The summed E-state index contributed by atoms with van der Waals surface area (Å²) in [6.07, 6.45) is 0.237. The van der Waals surface area contributed by atoms with Crippen molar-refractivity contribution >= 4 is 26.0 Å². The summed E-state index contributed by atoms with van der Waals surface area (Å²) >= 11 is 5.50. The molecule has 0 saturated carbocycles. The van der Waals surface area contributed by atoms with E-state index < -0.39 is 19.8 Å². The van der Waals surface area contributed by atoms with Gasteiger partial charge in [0.15, 0.2) is 0 Å². The molecule has 0 N–H and O–H groups in total. The van der Waals surface area contributed by atoms with Gasteiger partial charge in [-0.3, -0.25) is 4.57 Å². The summed E-state index contributed by atoms with van der Waals surface area (Å²) in [6.45, 7) is 1.83. The van der Waals surface area contributed by atoms with Gasteiger partial charge in [-0.1, -0.05) is 25.1 Å². The van der Waals surface area contributed by atoms with Gasteiger partial charge in [-0.25, -0.2) is 4.79 Å². The van der Waals surface area contributed by atoms with Gasteiger partial charge in [0.25, 0.3) is 0 Å². The molecule has 1 aromatic rings. The lowest BCUT2D eigenvalue weighted by Crippen LogP contribution is -2.39. The maximum absolute atomic E-state index is 12.0. The second-order valence-electron chi connectivity index (χ2n) is 3.47. The normalized spacial score (nSPS) is 14.1. The van der Waals surface area contributed by atoms with Crippen LogP contribution in [0.25, 0.3) is 0 Å². The number of alkyl halides is 1. The van der Waals surface area contributed by atoms with E-state index in [1.54, 1.807) is 37.3 Å². The number of ether oxygens (including phenoxy) is 2. The minimum absolute atomic E-state index is 0.133. The molecule has 6 heteroatoms. The van der Waals surface area contributed by atoms with Crippen LogP contribution < -0.4 is 4.74 Å². The molecular weight excluding hydrogens is 275 g/mol. The molecule has 0 radical (unpaired) electrons. The van der Waals surface area contributed by atoms with E-state index in [9.17, 15) is 9.36 Å². The number of esters is 1. The minimum atomic E-state index is -1.48. The first-order valence-corrected chi connectivity index (χ1v) is 6.85. The van der Waals surface area contributed by atoms with Gasteiger partial charge < -0.3 is 9.47 Å². The Bertz CT molecular complexity index is 398. The number of hydrogen-bond acceptors (Lipinski definition) is 4. The highest BCUT2D eigenvalue weighted by Crippen LogP contribution is 2.31. The number of hydrogen-bond donors (Lipinski definition) is 0. The highest BCUT2D eigenvalue weighted by atomic mass is 35.5. The number of benzene rings is 1. The van der Waals surface area contributed by atoms with Crippen molar-refractivity contribution in [3.8, 4) is 5.75 Å². The van der Waals surface area contributed by atoms with Gasteiger partial charge in [-0.2, -0.15) is 0 Å². The molecule has 0 aliphatic carbocycles. The van der Waals surface area contributed by atoms with Crippen molar-refractivity contribution in [1.82, 2.24) is 0 Å². The zero-order chi connectivity index (χ0) is 13.4. The highest BCUT2D eigenvalue weighted by Gasteiger charge is 2.41. The van der Waals surface area contributed by atoms with Gasteiger partial charge in [-0.05, 0) is 18.6 Å². The fourth-order valence-electron chi connectivity index (χ4n) is 1.32. The molecule has 1 rings (SSSR count). The van der Waals surface area contributed by atoms with Crippen molar-refractivity contribution in [2.45, 2.75) is 18.7 Å². The summed E-state index contributed by atoms with van der Waals surface area (Å²) in [5.74, 6) is -0.0768. The molecule has 0 bridgehead atoms. The van der Waals surface area contributed by atoms with Crippen molar-refractivity contribution in [2.24, 2.45) is 0 Å². The molecule has 1 unspecified atom stereocenters. The van der Waals surface area contributed by atoms with Gasteiger partial charge in [0.1, 0.15) is 5.75 Å². The minimum Gasteiger partial charge on any atom is -0.424 e. The Morgan fingerprint density at radius 1 is 1.39 bits per heavy atom. The van der Waals surface area contributed by atoms with Crippen LogP contribution in [0.2, 0.25) is 0 Å². The monoisotopic (exact) mass is 288 g/mol. The zero-order valence-corrected chi connectivity index (χ0v) is 11.6. The molecular formula is C12H14ClO4P. The van der Waals surface area contributed by atoms with Crippen molar-refractivity contribution in [3.05, 3.63) is 30.3 Å². The van der Waals surface area contributed by atoms with Crippen molar-refractivity contribution < 1.29 is 18.8 Å². The fraction of sp³-hybridized carbons (Fsp3) is 0.417. The summed E-state index contributed by atoms with van der Waals surface area (Å²) in [6, 6.07) is 8.57. The molecule has 18 heavy (non-hydrogen) atoms. The van der Waals surface area contributed by atoms with E-state index in [4.69, 9.17) is 21.1 Å². The van der Waals surface area contributed by atoms with Crippen LogP contribution >= 0.6 is 20.1 Å². The maximum atomic E-state index is 12.0. The molecule has 98 valence electrons. The first-order valence-electron chi connectivity index (χ1n) is 5.50. The lowest BCUT2D eigenvalue weighted by Gasteiger charge is -2.23. The van der Waals surface area contributed by atoms with E-state index in [-0.39, 0.29) is 18.9 Å². The summed E-state index contributed by atoms with van der Waals surface area (Å²) in [5.41, 5.74) is 0. The largest absolute Gasteiger partial charge is 0.424 e. The lowest BCUT2D eigenvalue weighted by atomic mass is 10.2. The summed E-state index contributed by atoms with van der Waals surface area (Å²) in [5, 5.41) is -1.48. The quantitative estimate of drug-likeness (QED) is 0.334. The number of rotatable bonds is 7. The van der Waals surface area contributed by atoms with Gasteiger partial charge in [-0.15, -0.1) is 11.6 Å². The molecule has 0 aliphatic heterocycles. The molecule has 0 heterocycles. The standard InChI is InChI=1S/C12H14ClO4P/c1-2-12(18-15,16-9-8-13)11(14)17-10-6-4-3-5-7-10/h3-7H,2,8-9H2,1H3. The van der Waals surface area contributed by atoms with Crippen LogP contribution in [0.1, 0.15) is 13.3 Å². The van der Waals surface area contributed by atoms with E-state index in [0.29, 0.717) is 5.75 Å². The summed E-state index contributed by atoms with van der Waals surface area (Å²) in [7, 11) is -0.433. The predicted molar refractivity (Wildman–Crippen MR) is 69.4 cm³/mol. The third-order valence-corrected chi connectivity index (χ3v) is 3.39. The Kier molecular flexibility index (Phi) is 6.27. The average molecular weight is 289 g/mol. The molecule has 0 saturated heterocycles. The van der Waals surface area contributed by atoms with Crippen LogP contribution in [0.3, 0.4) is 0 Å². The van der Waals surface area contributed by atoms with Crippen molar-refractivity contribution in [3.63, 3.8) is 0 Å². The Hall–Kier alpha value is -0.960. The molecule has 1 atom stereocenters. The molecule has 0 amide bonds. The number of carbonyl (C=O) groups is 1. The van der Waals surface area contributed by atoms with E-state index in [1.165, 1.54) is 0 Å². The van der Waals surface area contributed by atoms with Crippen molar-refractivity contribution in [2.75, 3.05) is 12.5 Å². The molecule has 1 aromatic carbocycles. The Morgan fingerprint density at radius 3 is 2.56 bits per heavy atom. The topological polar surface area (TPSA) is 52.6 Å². The van der Waals surface area contributed by atoms with Gasteiger partial charge >= 0.3 is 5.97 Å². The fourth-order valence-corrected chi connectivity index (χ4v) is 1.79. The molecule has 0 aromatic heterocycles. The van der Waals surface area contributed by atoms with Crippen LogP contribution in [0.15, 0.2) is 30.3 Å². The average Bonchev–Trinajstić information content (AvgIpc) is 2.42. The third kappa shape index (κ3) is 3.77. The Labute approximate surface area is 112 Å². The summed E-state index contributed by atoms with van der Waals surface area (Å²) < 4.78 is 21.6. The maximum Gasteiger partial charge on any atom is 0.356 e. The highest BCUT2D eigenvalue weighted by molar-refractivity contribution is 7.27. The zero-order valence-electron chi connectivity index (χ0n) is 9.97. The SMILES string of the molecule is CCC(OCCCl)(P=O)C(=O)Oc1ccccc1. The first-order chi connectivity index (χ1) is 8.68. The van der Waals surface area contributed by atoms with Gasteiger partial charge in [0.2, 0.25) is 13.8 Å². The smallest absolute Gasteiger partial charge is 0.356 e. The third-order valence-electron chi connectivity index (χ3n) is 2.32. The lowest BCUT2D eigenvalue weighted by molar-refractivity contribution is -0.151. The second kappa shape index (κ2) is 7.47. The van der Waals surface area contributed by atoms with Crippen molar-refractivity contribution in [1.29, 1.82) is 0 Å². The van der Waals surface area contributed by atoms with Gasteiger partial charge in [0.05, 0.1) is 6.61 Å². The predicted octanol–water partition coefficient (Wildman–Crippen LogP) is 3.25. The Morgan fingerprint density at radius 2 is 2.06 bits per heavy atom. The number of para-hydroxylation sites is 1. The Balaban J connectivity index is 2.79. The number of carbonyl (C=O) groups excluding carboxylic acids is 1. The molecule has 0 fully saturated rings. The van der Waals surface area contributed by atoms with Crippen LogP contribution in [0, 0.1) is 0 Å².